The van der Waals surface area contributed by atoms with Crippen LogP contribution in [0.1, 0.15) is 64.2 Å². The molecule has 0 aromatic heterocycles. The van der Waals surface area contributed by atoms with E-state index in [-0.39, 0.29) is 5.24 Å². The first-order valence-electron chi connectivity index (χ1n) is 7.55. The molecule has 0 aromatic carbocycles. The van der Waals surface area contributed by atoms with Crippen molar-refractivity contribution in [2.45, 2.75) is 76.3 Å². The summed E-state index contributed by atoms with van der Waals surface area (Å²) in [5.41, 5.74) is 5.86. The Balaban J connectivity index is 1.72. The Bertz CT molecular complexity index is 321. The molecule has 2 fully saturated rings. The van der Waals surface area contributed by atoms with Gasteiger partial charge in [-0.15, -0.1) is 0 Å². The normalized spacial score (nSPS) is 23.3. The number of carbonyl (C=O) groups excluding carboxylic acids is 1. The average molecular weight is 283 g/mol. The minimum atomic E-state index is -0.0380. The van der Waals surface area contributed by atoms with E-state index >= 15 is 0 Å². The van der Waals surface area contributed by atoms with Gasteiger partial charge in [-0.3, -0.25) is 9.79 Å². The third kappa shape index (κ3) is 5.43. The van der Waals surface area contributed by atoms with Gasteiger partial charge in [0.15, 0.2) is 5.17 Å². The van der Waals surface area contributed by atoms with Crippen LogP contribution in [0.25, 0.3) is 0 Å². The predicted molar refractivity (Wildman–Crippen MR) is 81.5 cm³/mol. The highest BCUT2D eigenvalue weighted by Gasteiger charge is 2.18. The van der Waals surface area contributed by atoms with Gasteiger partial charge in [0.05, 0.1) is 6.04 Å². The fourth-order valence-electron chi connectivity index (χ4n) is 2.95. The molecule has 2 aliphatic rings. The molecule has 108 valence electrons. The number of nitrogens with zero attached hydrogens (tertiary/aromatic N) is 1. The van der Waals surface area contributed by atoms with Crippen LogP contribution in [0.4, 0.5) is 4.79 Å². The van der Waals surface area contributed by atoms with Gasteiger partial charge in [-0.05, 0) is 25.7 Å². The summed E-state index contributed by atoms with van der Waals surface area (Å²) in [5.74, 6) is 0. The Labute approximate surface area is 120 Å². The van der Waals surface area contributed by atoms with Gasteiger partial charge in [-0.1, -0.05) is 38.5 Å². The zero-order chi connectivity index (χ0) is 13.5. The van der Waals surface area contributed by atoms with Gasteiger partial charge in [0.25, 0.3) is 5.24 Å². The van der Waals surface area contributed by atoms with E-state index < -0.39 is 0 Å². The van der Waals surface area contributed by atoms with Crippen LogP contribution in [0.15, 0.2) is 4.99 Å². The average Bonchev–Trinajstić information content (AvgIpc) is 2.40. The summed E-state index contributed by atoms with van der Waals surface area (Å²) < 4.78 is 0. The summed E-state index contributed by atoms with van der Waals surface area (Å²) in [4.78, 5) is 16.3. The molecule has 0 unspecified atom stereocenters. The third-order valence-corrected chi connectivity index (χ3v) is 4.63. The molecule has 4 nitrogen and oxygen atoms in total. The number of nitrogens with two attached hydrogens (primary N) is 1. The number of rotatable bonds is 2. The van der Waals surface area contributed by atoms with E-state index in [0.717, 1.165) is 37.4 Å². The Morgan fingerprint density at radius 3 is 2.21 bits per heavy atom. The van der Waals surface area contributed by atoms with Gasteiger partial charge in [-0.25, -0.2) is 0 Å². The Hall–Kier alpha value is -0.710. The van der Waals surface area contributed by atoms with Gasteiger partial charge in [0.2, 0.25) is 0 Å². The van der Waals surface area contributed by atoms with Crippen LogP contribution in [0.3, 0.4) is 0 Å². The van der Waals surface area contributed by atoms with Crippen molar-refractivity contribution in [3.05, 3.63) is 0 Å². The minimum Gasteiger partial charge on any atom is -0.378 e. The van der Waals surface area contributed by atoms with Crippen LogP contribution in [0, 0.1) is 0 Å². The number of hydrogen-bond acceptors (Lipinski definition) is 3. The Morgan fingerprint density at radius 1 is 1.00 bits per heavy atom. The maximum Gasteiger partial charge on any atom is 0.286 e. The summed E-state index contributed by atoms with van der Waals surface area (Å²) in [6.07, 6.45) is 12.0. The zero-order valence-corrected chi connectivity index (χ0v) is 12.4. The highest BCUT2D eigenvalue weighted by Crippen LogP contribution is 2.22. The van der Waals surface area contributed by atoms with Crippen LogP contribution in [0.2, 0.25) is 0 Å². The molecule has 0 aromatic rings. The minimum absolute atomic E-state index is 0.0380. The molecule has 0 heterocycles. The van der Waals surface area contributed by atoms with Gasteiger partial charge in [-0.2, -0.15) is 0 Å². The lowest BCUT2D eigenvalue weighted by Crippen LogP contribution is -2.35. The zero-order valence-electron chi connectivity index (χ0n) is 11.6. The quantitative estimate of drug-likeness (QED) is 0.603. The summed E-state index contributed by atoms with van der Waals surface area (Å²) >= 11 is 1.06. The van der Waals surface area contributed by atoms with Crippen molar-refractivity contribution in [1.82, 2.24) is 5.32 Å². The molecule has 3 N–H and O–H groups in total. The maximum absolute atomic E-state index is 11.9. The molecule has 5 heteroatoms. The van der Waals surface area contributed by atoms with Gasteiger partial charge < -0.3 is 11.1 Å². The number of carbonyl (C=O) groups is 1. The predicted octanol–water partition coefficient (Wildman–Crippen LogP) is 3.41. The number of amides is 1. The molecule has 0 spiro atoms. The van der Waals surface area contributed by atoms with Gasteiger partial charge in [0, 0.05) is 17.8 Å². The molecule has 1 amide bonds. The van der Waals surface area contributed by atoms with Crippen LogP contribution < -0.4 is 11.1 Å². The second-order valence-electron chi connectivity index (χ2n) is 5.63. The molecular weight excluding hydrogens is 258 g/mol. The summed E-state index contributed by atoms with van der Waals surface area (Å²) in [6, 6.07) is 0.681. The first-order chi connectivity index (χ1) is 9.24. The highest BCUT2D eigenvalue weighted by molar-refractivity contribution is 8.26. The molecule has 2 aliphatic carbocycles. The number of amidine groups is 1. The molecule has 0 saturated heterocycles. The van der Waals surface area contributed by atoms with Gasteiger partial charge >= 0.3 is 0 Å². The van der Waals surface area contributed by atoms with E-state index in [0.29, 0.717) is 17.3 Å². The molecular formula is C14H25N3OS. The Kier molecular flexibility index (Phi) is 6.01. The van der Waals surface area contributed by atoms with Crippen molar-refractivity contribution < 1.29 is 4.79 Å². The standard InChI is InChI=1S/C14H25N3OS/c15-13(16-11-7-3-1-4-8-11)19-14(18)17-12-9-5-2-6-10-12/h11-12H,1-10H2,(H2,15,16)(H,17,18). The molecule has 2 saturated carbocycles. The maximum atomic E-state index is 11.9. The van der Waals surface area contributed by atoms with Crippen molar-refractivity contribution in [3.8, 4) is 0 Å². The fraction of sp³-hybridized carbons (Fsp3) is 0.857. The lowest BCUT2D eigenvalue weighted by atomic mass is 9.96. The van der Waals surface area contributed by atoms with Crippen LogP contribution in [0.5, 0.6) is 0 Å². The van der Waals surface area contributed by atoms with Crippen LogP contribution in [-0.2, 0) is 0 Å². The highest BCUT2D eigenvalue weighted by atomic mass is 32.2. The van der Waals surface area contributed by atoms with E-state index in [1.807, 2.05) is 0 Å². The monoisotopic (exact) mass is 283 g/mol. The number of nitrogens with one attached hydrogen (secondary N) is 1. The smallest absolute Gasteiger partial charge is 0.286 e. The molecule has 2 rings (SSSR count). The first kappa shape index (κ1) is 14.7. The van der Waals surface area contributed by atoms with Crippen molar-refractivity contribution in [3.63, 3.8) is 0 Å². The second-order valence-corrected chi connectivity index (χ2v) is 6.62. The fourth-order valence-corrected chi connectivity index (χ4v) is 3.57. The molecule has 0 atom stereocenters. The Morgan fingerprint density at radius 2 is 1.58 bits per heavy atom. The topological polar surface area (TPSA) is 67.5 Å². The van der Waals surface area contributed by atoms with E-state index in [4.69, 9.17) is 5.73 Å². The van der Waals surface area contributed by atoms with Crippen LogP contribution in [-0.4, -0.2) is 22.5 Å². The lowest BCUT2D eigenvalue weighted by Gasteiger charge is -2.22. The molecule has 0 bridgehead atoms. The lowest BCUT2D eigenvalue weighted by molar-refractivity contribution is 0.253. The van der Waals surface area contributed by atoms with E-state index in [2.05, 4.69) is 10.3 Å². The molecule has 0 aliphatic heterocycles. The first-order valence-corrected chi connectivity index (χ1v) is 8.37. The van der Waals surface area contributed by atoms with Crippen LogP contribution >= 0.6 is 11.8 Å². The third-order valence-electron chi connectivity index (χ3n) is 4.01. The van der Waals surface area contributed by atoms with E-state index in [1.54, 1.807) is 0 Å². The van der Waals surface area contributed by atoms with E-state index in [9.17, 15) is 4.79 Å². The van der Waals surface area contributed by atoms with Crippen molar-refractivity contribution in [2.75, 3.05) is 0 Å². The largest absolute Gasteiger partial charge is 0.378 e. The van der Waals surface area contributed by atoms with Crippen molar-refractivity contribution in [1.29, 1.82) is 0 Å². The summed E-state index contributed by atoms with van der Waals surface area (Å²) in [5, 5.41) is 3.44. The summed E-state index contributed by atoms with van der Waals surface area (Å²) in [6.45, 7) is 0. The molecule has 0 radical (unpaired) electrons. The number of hydrogen-bond donors (Lipinski definition) is 2. The molecule has 19 heavy (non-hydrogen) atoms. The summed E-state index contributed by atoms with van der Waals surface area (Å²) in [7, 11) is 0. The van der Waals surface area contributed by atoms with Crippen molar-refractivity contribution in [2.24, 2.45) is 10.7 Å². The second kappa shape index (κ2) is 7.78. The van der Waals surface area contributed by atoms with Gasteiger partial charge in [0.1, 0.15) is 0 Å². The number of aliphatic imine (C=N–C) groups is 1. The van der Waals surface area contributed by atoms with Crippen molar-refractivity contribution >= 4 is 22.2 Å². The van der Waals surface area contributed by atoms with E-state index in [1.165, 1.54) is 38.5 Å². The number of thioether (sulfide) groups is 1. The SMILES string of the molecule is NC(=NC1CCCCC1)SC(=O)NC1CCCCC1.